The van der Waals surface area contributed by atoms with E-state index in [1.54, 1.807) is 13.3 Å². The zero-order valence-electron chi connectivity index (χ0n) is 12.0. The summed E-state index contributed by atoms with van der Waals surface area (Å²) in [5.41, 5.74) is 3.56. The molecule has 2 aromatic rings. The van der Waals surface area contributed by atoms with E-state index < -0.39 is 0 Å². The van der Waals surface area contributed by atoms with Gasteiger partial charge in [0.15, 0.2) is 0 Å². The molecule has 0 amide bonds. The maximum Gasteiger partial charge on any atom is 0.122 e. The first-order valence-electron chi connectivity index (χ1n) is 6.64. The van der Waals surface area contributed by atoms with Crippen molar-refractivity contribution in [2.75, 3.05) is 7.11 Å². The van der Waals surface area contributed by atoms with Crippen molar-refractivity contribution in [2.45, 2.75) is 39.0 Å². The number of rotatable bonds is 5. The maximum atomic E-state index is 5.42. The molecule has 19 heavy (non-hydrogen) atoms. The molecule has 1 aromatic heterocycles. The number of nitrogens with one attached hydrogen (secondary N) is 1. The summed E-state index contributed by atoms with van der Waals surface area (Å²) in [5.74, 6) is 1.83. The van der Waals surface area contributed by atoms with Crippen LogP contribution in [0, 0.1) is 0 Å². The number of hydrogen-bond acceptors (Lipinski definition) is 3. The van der Waals surface area contributed by atoms with Crippen LogP contribution >= 0.6 is 0 Å². The van der Waals surface area contributed by atoms with Crippen LogP contribution in [-0.2, 0) is 6.42 Å². The Kier molecular flexibility index (Phi) is 4.20. The van der Waals surface area contributed by atoms with Crippen LogP contribution in [0.2, 0.25) is 0 Å². The van der Waals surface area contributed by atoms with Crippen LogP contribution in [0.3, 0.4) is 0 Å². The van der Waals surface area contributed by atoms with Gasteiger partial charge in [0.2, 0.25) is 0 Å². The van der Waals surface area contributed by atoms with Crippen molar-refractivity contribution in [3.8, 4) is 5.75 Å². The molecule has 2 rings (SSSR count). The lowest BCUT2D eigenvalue weighted by molar-refractivity contribution is 0.407. The second-order valence-corrected chi connectivity index (χ2v) is 5.22. The van der Waals surface area contributed by atoms with E-state index in [9.17, 15) is 0 Å². The molecule has 102 valence electrons. The van der Waals surface area contributed by atoms with Gasteiger partial charge in [0.25, 0.3) is 0 Å². The monoisotopic (exact) mass is 259 g/mol. The lowest BCUT2D eigenvalue weighted by atomic mass is 9.91. The van der Waals surface area contributed by atoms with Crippen molar-refractivity contribution in [2.24, 2.45) is 0 Å². The van der Waals surface area contributed by atoms with Gasteiger partial charge in [-0.05, 0) is 35.4 Å². The van der Waals surface area contributed by atoms with Gasteiger partial charge in [-0.25, -0.2) is 0 Å². The van der Waals surface area contributed by atoms with E-state index in [-0.39, 0.29) is 0 Å². The van der Waals surface area contributed by atoms with Crippen molar-refractivity contribution in [1.29, 1.82) is 0 Å². The highest BCUT2D eigenvalue weighted by Gasteiger charge is 2.13. The largest absolute Gasteiger partial charge is 0.496 e. The van der Waals surface area contributed by atoms with E-state index in [1.165, 1.54) is 11.1 Å². The van der Waals surface area contributed by atoms with Crippen LogP contribution in [0.4, 0.5) is 0 Å². The highest BCUT2D eigenvalue weighted by Crippen LogP contribution is 2.30. The van der Waals surface area contributed by atoms with Crippen molar-refractivity contribution in [3.63, 3.8) is 0 Å². The standard InChI is InChI=1S/C15H21N3O/c1-10(2)14-8-12(5-6-15(14)19-4)11(3)7-13-9-16-18-17-13/h5-6,8-11H,7H2,1-4H3,(H,16,17,18). The third kappa shape index (κ3) is 3.13. The number of hydrogen-bond donors (Lipinski definition) is 1. The molecular weight excluding hydrogens is 238 g/mol. The van der Waals surface area contributed by atoms with E-state index in [0.717, 1.165) is 17.9 Å². The molecule has 1 N–H and O–H groups in total. The molecule has 0 radical (unpaired) electrons. The fourth-order valence-electron chi connectivity index (χ4n) is 2.27. The minimum atomic E-state index is 0.411. The number of benzene rings is 1. The number of nitrogens with zero attached hydrogens (tertiary/aromatic N) is 2. The second kappa shape index (κ2) is 5.87. The number of ether oxygens (including phenoxy) is 1. The zero-order valence-corrected chi connectivity index (χ0v) is 12.0. The quantitative estimate of drug-likeness (QED) is 0.896. The maximum absolute atomic E-state index is 5.42. The van der Waals surface area contributed by atoms with Crippen LogP contribution in [0.25, 0.3) is 0 Å². The molecule has 0 bridgehead atoms. The van der Waals surface area contributed by atoms with Gasteiger partial charge in [0.05, 0.1) is 19.0 Å². The minimum absolute atomic E-state index is 0.411. The lowest BCUT2D eigenvalue weighted by Crippen LogP contribution is -2.02. The third-order valence-corrected chi connectivity index (χ3v) is 3.43. The summed E-state index contributed by atoms with van der Waals surface area (Å²) in [7, 11) is 1.72. The Morgan fingerprint density at radius 3 is 2.63 bits per heavy atom. The molecule has 4 heteroatoms. The van der Waals surface area contributed by atoms with Crippen LogP contribution in [0.15, 0.2) is 24.4 Å². The first-order valence-corrected chi connectivity index (χ1v) is 6.64. The highest BCUT2D eigenvalue weighted by atomic mass is 16.5. The first-order chi connectivity index (χ1) is 9.11. The Labute approximate surface area is 114 Å². The van der Waals surface area contributed by atoms with E-state index in [1.807, 2.05) is 0 Å². The molecule has 0 aliphatic heterocycles. The van der Waals surface area contributed by atoms with Crippen LogP contribution < -0.4 is 4.74 Å². The Balaban J connectivity index is 2.22. The summed E-state index contributed by atoms with van der Waals surface area (Å²) in [6.07, 6.45) is 2.67. The van der Waals surface area contributed by atoms with E-state index in [0.29, 0.717) is 11.8 Å². The zero-order chi connectivity index (χ0) is 13.8. The normalized spacial score (nSPS) is 12.7. The molecule has 1 aromatic carbocycles. The molecule has 0 saturated carbocycles. The average molecular weight is 259 g/mol. The number of methoxy groups -OCH3 is 1. The SMILES string of the molecule is COc1ccc(C(C)Cc2cn[nH]n2)cc1C(C)C. The smallest absolute Gasteiger partial charge is 0.122 e. The Morgan fingerprint density at radius 2 is 2.05 bits per heavy atom. The van der Waals surface area contributed by atoms with Gasteiger partial charge in [0.1, 0.15) is 5.75 Å². The summed E-state index contributed by atoms with van der Waals surface area (Å²) in [4.78, 5) is 0. The van der Waals surface area contributed by atoms with Crippen molar-refractivity contribution < 1.29 is 4.74 Å². The predicted molar refractivity (Wildman–Crippen MR) is 75.6 cm³/mol. The summed E-state index contributed by atoms with van der Waals surface area (Å²) in [6.45, 7) is 6.58. The van der Waals surface area contributed by atoms with Crippen LogP contribution in [-0.4, -0.2) is 22.5 Å². The summed E-state index contributed by atoms with van der Waals surface area (Å²) < 4.78 is 5.42. The van der Waals surface area contributed by atoms with Gasteiger partial charge in [0, 0.05) is 0 Å². The van der Waals surface area contributed by atoms with Gasteiger partial charge in [-0.1, -0.05) is 32.9 Å². The van der Waals surface area contributed by atoms with Crippen molar-refractivity contribution in [3.05, 3.63) is 41.2 Å². The summed E-state index contributed by atoms with van der Waals surface area (Å²) >= 11 is 0. The molecule has 0 aliphatic rings. The van der Waals surface area contributed by atoms with E-state index >= 15 is 0 Å². The van der Waals surface area contributed by atoms with Crippen molar-refractivity contribution >= 4 is 0 Å². The summed E-state index contributed by atoms with van der Waals surface area (Å²) in [6, 6.07) is 6.44. The number of aromatic amines is 1. The molecule has 0 saturated heterocycles. The Hall–Kier alpha value is -1.84. The Bertz CT molecular complexity index is 520. The minimum Gasteiger partial charge on any atom is -0.496 e. The van der Waals surface area contributed by atoms with Gasteiger partial charge in [-0.15, -0.1) is 0 Å². The molecule has 0 aliphatic carbocycles. The Morgan fingerprint density at radius 1 is 1.26 bits per heavy atom. The van der Waals surface area contributed by atoms with E-state index in [2.05, 4.69) is 54.4 Å². The first kappa shape index (κ1) is 13.6. The topological polar surface area (TPSA) is 50.8 Å². The highest BCUT2D eigenvalue weighted by molar-refractivity contribution is 5.40. The fraction of sp³-hybridized carbons (Fsp3) is 0.467. The van der Waals surface area contributed by atoms with Gasteiger partial charge in [-0.2, -0.15) is 15.4 Å². The van der Waals surface area contributed by atoms with Gasteiger partial charge >= 0.3 is 0 Å². The second-order valence-electron chi connectivity index (χ2n) is 5.22. The molecule has 1 unspecified atom stereocenters. The van der Waals surface area contributed by atoms with Gasteiger partial charge in [-0.3, -0.25) is 0 Å². The lowest BCUT2D eigenvalue weighted by Gasteiger charge is -2.16. The van der Waals surface area contributed by atoms with Crippen LogP contribution in [0.1, 0.15) is 49.4 Å². The summed E-state index contributed by atoms with van der Waals surface area (Å²) in [5, 5.41) is 10.6. The average Bonchev–Trinajstić information content (AvgIpc) is 2.90. The molecule has 0 fully saturated rings. The third-order valence-electron chi connectivity index (χ3n) is 3.43. The van der Waals surface area contributed by atoms with Crippen LogP contribution in [0.5, 0.6) is 5.75 Å². The molecule has 0 spiro atoms. The molecule has 1 atom stereocenters. The fourth-order valence-corrected chi connectivity index (χ4v) is 2.27. The molecule has 1 heterocycles. The molecule has 4 nitrogen and oxygen atoms in total. The van der Waals surface area contributed by atoms with Crippen molar-refractivity contribution in [1.82, 2.24) is 15.4 Å². The predicted octanol–water partition coefficient (Wildman–Crippen LogP) is 3.28. The van der Waals surface area contributed by atoms with Gasteiger partial charge < -0.3 is 4.74 Å². The number of aromatic nitrogens is 3. The van der Waals surface area contributed by atoms with E-state index in [4.69, 9.17) is 4.74 Å². The number of H-pyrrole nitrogens is 1. The molecular formula is C15H21N3O.